The van der Waals surface area contributed by atoms with E-state index in [1.54, 1.807) is 0 Å². The summed E-state index contributed by atoms with van der Waals surface area (Å²) in [5, 5.41) is 9.98. The molecule has 0 fully saturated rings. The van der Waals surface area contributed by atoms with E-state index in [0.717, 1.165) is 15.1 Å². The Morgan fingerprint density at radius 1 is 1.80 bits per heavy atom. The number of hydrogen-bond donors (Lipinski definition) is 3. The minimum atomic E-state index is 0.826. The lowest BCUT2D eigenvalue weighted by Crippen LogP contribution is -1.90. The summed E-state index contributed by atoms with van der Waals surface area (Å²) in [7, 11) is 1.84. The molecule has 0 saturated heterocycles. The van der Waals surface area contributed by atoms with Crippen molar-refractivity contribution in [2.75, 3.05) is 12.4 Å². The van der Waals surface area contributed by atoms with E-state index >= 15 is 0 Å². The lowest BCUT2D eigenvalue weighted by atomic mass is 10.4. The average molecular weight is 249 g/mol. The summed E-state index contributed by atoms with van der Waals surface area (Å²) in [6.07, 6.45) is 1.30. The molecule has 0 unspecified atom stereocenters. The molecule has 0 atom stereocenters. The van der Waals surface area contributed by atoms with E-state index in [0.29, 0.717) is 0 Å². The van der Waals surface area contributed by atoms with Crippen LogP contribution in [0, 0.1) is 9.11 Å². The van der Waals surface area contributed by atoms with Crippen LogP contribution in [0.4, 0.5) is 5.69 Å². The first-order valence-electron chi connectivity index (χ1n) is 2.84. The van der Waals surface area contributed by atoms with Gasteiger partial charge in [-0.3, -0.25) is 0 Å². The average Bonchev–Trinajstić information content (AvgIpc) is 2.30. The van der Waals surface area contributed by atoms with Crippen LogP contribution in [0.5, 0.6) is 0 Å². The summed E-state index contributed by atoms with van der Waals surface area (Å²) >= 11 is 2.17. The van der Waals surface area contributed by atoms with Crippen molar-refractivity contribution in [1.82, 2.24) is 4.98 Å². The lowest BCUT2D eigenvalue weighted by Gasteiger charge is -1.93. The van der Waals surface area contributed by atoms with E-state index in [9.17, 15) is 0 Å². The van der Waals surface area contributed by atoms with Crippen LogP contribution in [0.2, 0.25) is 0 Å². The molecule has 1 aromatic rings. The maximum absolute atomic E-state index is 7.00. The van der Waals surface area contributed by atoms with E-state index < -0.39 is 0 Å². The van der Waals surface area contributed by atoms with Crippen molar-refractivity contribution in [3.05, 3.63) is 15.5 Å². The van der Waals surface area contributed by atoms with E-state index in [1.165, 1.54) is 6.21 Å². The van der Waals surface area contributed by atoms with Crippen LogP contribution < -0.4 is 5.32 Å². The van der Waals surface area contributed by atoms with Gasteiger partial charge in [0.1, 0.15) is 0 Å². The largest absolute Gasteiger partial charge is 0.386 e. The highest BCUT2D eigenvalue weighted by molar-refractivity contribution is 14.1. The Kier molecular flexibility index (Phi) is 2.31. The number of halogens is 1. The van der Waals surface area contributed by atoms with Gasteiger partial charge in [0.05, 0.1) is 15.1 Å². The monoisotopic (exact) mass is 249 g/mol. The zero-order chi connectivity index (χ0) is 7.56. The molecule has 10 heavy (non-hydrogen) atoms. The van der Waals surface area contributed by atoms with Gasteiger partial charge in [0.25, 0.3) is 0 Å². The second-order valence-corrected chi connectivity index (χ2v) is 3.00. The van der Waals surface area contributed by atoms with Gasteiger partial charge in [-0.25, -0.2) is 0 Å². The summed E-state index contributed by atoms with van der Waals surface area (Å²) in [6, 6.07) is 1.96. The molecule has 0 aromatic carbocycles. The summed E-state index contributed by atoms with van der Waals surface area (Å²) in [5.74, 6) is 0. The summed E-state index contributed by atoms with van der Waals surface area (Å²) < 4.78 is 1.04. The number of aromatic nitrogens is 1. The number of nitrogens with one attached hydrogen (secondary N) is 3. The highest BCUT2D eigenvalue weighted by Gasteiger charge is 2.00. The van der Waals surface area contributed by atoms with Gasteiger partial charge < -0.3 is 15.7 Å². The van der Waals surface area contributed by atoms with Crippen molar-refractivity contribution in [2.24, 2.45) is 0 Å². The van der Waals surface area contributed by atoms with Crippen LogP contribution >= 0.6 is 22.6 Å². The van der Waals surface area contributed by atoms with E-state index in [4.69, 9.17) is 5.41 Å². The van der Waals surface area contributed by atoms with E-state index in [1.807, 2.05) is 13.1 Å². The van der Waals surface area contributed by atoms with Crippen molar-refractivity contribution < 1.29 is 0 Å². The predicted octanol–water partition coefficient (Wildman–Crippen LogP) is 1.66. The second-order valence-electron chi connectivity index (χ2n) is 1.84. The molecule has 0 radical (unpaired) electrons. The fourth-order valence-corrected chi connectivity index (χ4v) is 1.36. The third-order valence-corrected chi connectivity index (χ3v) is 1.81. The molecule has 1 aromatic heterocycles. The fourth-order valence-electron chi connectivity index (χ4n) is 0.757. The Labute approximate surface area is 72.9 Å². The minimum absolute atomic E-state index is 0.826. The Balaban J connectivity index is 3.08. The van der Waals surface area contributed by atoms with Gasteiger partial charge in [-0.1, -0.05) is 0 Å². The van der Waals surface area contributed by atoms with Gasteiger partial charge in [-0.2, -0.15) is 0 Å². The molecule has 3 N–H and O–H groups in total. The molecule has 1 rings (SSSR count). The first-order valence-corrected chi connectivity index (χ1v) is 3.92. The van der Waals surface area contributed by atoms with Crippen molar-refractivity contribution in [1.29, 1.82) is 5.41 Å². The molecular formula is C6H8IN3. The number of rotatable bonds is 2. The number of H-pyrrole nitrogens is 1. The van der Waals surface area contributed by atoms with E-state index in [-0.39, 0.29) is 0 Å². The molecule has 1 heterocycles. The predicted molar refractivity (Wildman–Crippen MR) is 50.9 cm³/mol. The smallest absolute Gasteiger partial charge is 0.0802 e. The van der Waals surface area contributed by atoms with Crippen LogP contribution in [0.3, 0.4) is 0 Å². The highest BCUT2D eigenvalue weighted by Crippen LogP contribution is 2.15. The summed E-state index contributed by atoms with van der Waals surface area (Å²) in [5.41, 5.74) is 1.80. The van der Waals surface area contributed by atoms with Gasteiger partial charge in [0, 0.05) is 13.3 Å². The first kappa shape index (κ1) is 7.59. The van der Waals surface area contributed by atoms with Crippen molar-refractivity contribution in [3.63, 3.8) is 0 Å². The Bertz CT molecular complexity index is 241. The third kappa shape index (κ3) is 1.31. The van der Waals surface area contributed by atoms with Crippen LogP contribution in [0.1, 0.15) is 5.69 Å². The molecular weight excluding hydrogens is 241 g/mol. The molecule has 54 valence electrons. The zero-order valence-corrected chi connectivity index (χ0v) is 7.69. The highest BCUT2D eigenvalue weighted by atomic mass is 127. The SMILES string of the molecule is CNc1cc(I)[nH]c1C=N. The Morgan fingerprint density at radius 3 is 2.90 bits per heavy atom. The van der Waals surface area contributed by atoms with Gasteiger partial charge in [-0.05, 0) is 28.7 Å². The molecule has 0 aliphatic carbocycles. The molecule has 0 amide bonds. The number of hydrogen-bond acceptors (Lipinski definition) is 2. The molecule has 0 aliphatic rings. The minimum Gasteiger partial charge on any atom is -0.386 e. The maximum atomic E-state index is 7.00. The van der Waals surface area contributed by atoms with Crippen LogP contribution in [0.15, 0.2) is 6.07 Å². The number of aromatic amines is 1. The Morgan fingerprint density at radius 2 is 2.50 bits per heavy atom. The normalized spacial score (nSPS) is 9.40. The van der Waals surface area contributed by atoms with Crippen LogP contribution in [-0.2, 0) is 0 Å². The standard InChI is InChI=1S/C6H8IN3/c1-9-4-2-6(7)10-5(4)3-8/h2-3,8-10H,1H3. The van der Waals surface area contributed by atoms with Crippen molar-refractivity contribution in [3.8, 4) is 0 Å². The summed E-state index contributed by atoms with van der Waals surface area (Å²) in [6.45, 7) is 0. The molecule has 3 nitrogen and oxygen atoms in total. The fraction of sp³-hybridized carbons (Fsp3) is 0.167. The van der Waals surface area contributed by atoms with Gasteiger partial charge >= 0.3 is 0 Å². The van der Waals surface area contributed by atoms with Gasteiger partial charge in [-0.15, -0.1) is 0 Å². The first-order chi connectivity index (χ1) is 4.77. The topological polar surface area (TPSA) is 51.7 Å². The molecule has 0 saturated carbocycles. The van der Waals surface area contributed by atoms with Crippen molar-refractivity contribution in [2.45, 2.75) is 0 Å². The zero-order valence-electron chi connectivity index (χ0n) is 5.53. The van der Waals surface area contributed by atoms with E-state index in [2.05, 4.69) is 32.9 Å². The van der Waals surface area contributed by atoms with Crippen molar-refractivity contribution >= 4 is 34.5 Å². The molecule has 4 heteroatoms. The van der Waals surface area contributed by atoms with Crippen LogP contribution in [0.25, 0.3) is 0 Å². The quantitative estimate of drug-likeness (QED) is 0.541. The third-order valence-electron chi connectivity index (χ3n) is 1.23. The molecule has 0 spiro atoms. The second kappa shape index (κ2) is 3.05. The molecule has 0 bridgehead atoms. The number of anilines is 1. The lowest BCUT2D eigenvalue weighted by molar-refractivity contribution is 1.32. The van der Waals surface area contributed by atoms with Crippen LogP contribution in [-0.4, -0.2) is 18.2 Å². The Hall–Kier alpha value is -0.520. The maximum Gasteiger partial charge on any atom is 0.0802 e. The molecule has 0 aliphatic heterocycles. The van der Waals surface area contributed by atoms with Gasteiger partial charge in [0.2, 0.25) is 0 Å². The summed E-state index contributed by atoms with van der Waals surface area (Å²) in [4.78, 5) is 3.03. The van der Waals surface area contributed by atoms with Gasteiger partial charge in [0.15, 0.2) is 0 Å².